The van der Waals surface area contributed by atoms with Gasteiger partial charge in [0.1, 0.15) is 10.5 Å². The Kier molecular flexibility index (Phi) is 6.34. The average Bonchev–Trinajstić information content (AvgIpc) is 3.38. The number of anilines is 1. The number of fused-ring (bicyclic) bond motifs is 1. The summed E-state index contributed by atoms with van der Waals surface area (Å²) in [6.07, 6.45) is 2.69. The van der Waals surface area contributed by atoms with E-state index in [4.69, 9.17) is 0 Å². The highest BCUT2D eigenvalue weighted by molar-refractivity contribution is 7.18. The zero-order chi connectivity index (χ0) is 24.6. The maximum atomic E-state index is 13.6. The van der Waals surface area contributed by atoms with Crippen molar-refractivity contribution in [1.82, 2.24) is 35.1 Å². The predicted octanol–water partition coefficient (Wildman–Crippen LogP) is 3.33. The topological polar surface area (TPSA) is 116 Å². The number of pyridine rings is 1. The summed E-state index contributed by atoms with van der Waals surface area (Å²) in [6.45, 7) is 10.4. The normalized spacial score (nSPS) is 15.0. The molecule has 1 aliphatic heterocycles. The van der Waals surface area contributed by atoms with Crippen LogP contribution in [0.4, 0.5) is 15.1 Å². The summed E-state index contributed by atoms with van der Waals surface area (Å²) in [6, 6.07) is 0.805. The highest BCUT2D eigenvalue weighted by Gasteiger charge is 2.32. The van der Waals surface area contributed by atoms with Crippen molar-refractivity contribution >= 4 is 39.6 Å². The number of aromatic nitrogens is 4. The van der Waals surface area contributed by atoms with Gasteiger partial charge >= 0.3 is 6.03 Å². The van der Waals surface area contributed by atoms with Crippen LogP contribution in [-0.2, 0) is 0 Å². The van der Waals surface area contributed by atoms with Gasteiger partial charge in [-0.2, -0.15) is 4.98 Å². The van der Waals surface area contributed by atoms with Crippen LogP contribution in [0.15, 0.2) is 18.5 Å². The van der Waals surface area contributed by atoms with E-state index in [2.05, 4.69) is 30.6 Å². The third-order valence-electron chi connectivity index (χ3n) is 5.17. The zero-order valence-corrected chi connectivity index (χ0v) is 20.5. The second kappa shape index (κ2) is 9.09. The molecule has 3 amide bonds. The number of thiazole rings is 1. The molecule has 4 rings (SSSR count). The molecule has 34 heavy (non-hydrogen) atoms. The lowest BCUT2D eigenvalue weighted by molar-refractivity contribution is 0.0769. The SMILES string of the molecule is Cc1nc2nc(N[C@@H](C)c3cncc(F)c3)nc(C(=O)N3CCN(C(=O)NC(C)(C)C)C3)c2s1. The van der Waals surface area contributed by atoms with Crippen LogP contribution >= 0.6 is 11.3 Å². The quantitative estimate of drug-likeness (QED) is 0.581. The first-order valence-electron chi connectivity index (χ1n) is 10.9. The number of hydrogen-bond acceptors (Lipinski definition) is 8. The van der Waals surface area contributed by atoms with Gasteiger partial charge in [0.25, 0.3) is 5.91 Å². The first-order valence-corrected chi connectivity index (χ1v) is 11.7. The van der Waals surface area contributed by atoms with E-state index < -0.39 is 5.82 Å². The third kappa shape index (κ3) is 5.22. The van der Waals surface area contributed by atoms with E-state index in [-0.39, 0.29) is 41.8 Å². The highest BCUT2D eigenvalue weighted by atomic mass is 32.1. The van der Waals surface area contributed by atoms with Gasteiger partial charge in [0.05, 0.1) is 23.9 Å². The molecule has 4 heterocycles. The Morgan fingerprint density at radius 1 is 1.15 bits per heavy atom. The molecule has 12 heteroatoms. The molecule has 0 aromatic carbocycles. The minimum Gasteiger partial charge on any atom is -0.348 e. The fraction of sp³-hybridized carbons (Fsp3) is 0.455. The standard InChI is InChI=1S/C22H27FN8O2S/c1-12(14-8-15(23)10-24-9-14)25-20-27-16(17-18(28-20)26-13(2)34-17)19(32)30-6-7-31(11-30)21(33)29-22(3,4)5/h8-10,12H,6-7,11H2,1-5H3,(H,29,33)(H,25,27,28)/t12-/m0/s1. The molecule has 1 saturated heterocycles. The number of urea groups is 1. The molecule has 3 aromatic heterocycles. The number of nitrogens with one attached hydrogen (secondary N) is 2. The molecule has 3 aromatic rings. The Hall–Kier alpha value is -3.41. The molecule has 1 aliphatic rings. The van der Waals surface area contributed by atoms with Gasteiger partial charge in [0.2, 0.25) is 5.95 Å². The molecular formula is C22H27FN8O2S. The Bertz CT molecular complexity index is 1240. The lowest BCUT2D eigenvalue weighted by Crippen LogP contribution is -2.48. The van der Waals surface area contributed by atoms with Gasteiger partial charge in [-0.1, -0.05) is 0 Å². The number of rotatable bonds is 4. The van der Waals surface area contributed by atoms with Gasteiger partial charge in [-0.3, -0.25) is 9.78 Å². The maximum Gasteiger partial charge on any atom is 0.319 e. The maximum absolute atomic E-state index is 13.6. The van der Waals surface area contributed by atoms with Gasteiger partial charge in [0.15, 0.2) is 11.3 Å². The van der Waals surface area contributed by atoms with E-state index in [9.17, 15) is 14.0 Å². The summed E-state index contributed by atoms with van der Waals surface area (Å²) in [5.41, 5.74) is 0.878. The zero-order valence-electron chi connectivity index (χ0n) is 19.7. The molecule has 1 fully saturated rings. The monoisotopic (exact) mass is 486 g/mol. The molecule has 0 radical (unpaired) electrons. The van der Waals surface area contributed by atoms with Crippen molar-refractivity contribution in [1.29, 1.82) is 0 Å². The van der Waals surface area contributed by atoms with Gasteiger partial charge in [0, 0.05) is 24.8 Å². The smallest absolute Gasteiger partial charge is 0.319 e. The average molecular weight is 487 g/mol. The summed E-state index contributed by atoms with van der Waals surface area (Å²) < 4.78 is 14.2. The predicted molar refractivity (Wildman–Crippen MR) is 127 cm³/mol. The lowest BCUT2D eigenvalue weighted by Gasteiger charge is -2.25. The third-order valence-corrected chi connectivity index (χ3v) is 6.14. The van der Waals surface area contributed by atoms with E-state index in [1.165, 1.54) is 17.4 Å². The number of aryl methyl sites for hydroxylation is 1. The van der Waals surface area contributed by atoms with Crippen molar-refractivity contribution < 1.29 is 14.0 Å². The largest absolute Gasteiger partial charge is 0.348 e. The van der Waals surface area contributed by atoms with Gasteiger partial charge < -0.3 is 20.4 Å². The van der Waals surface area contributed by atoms with Crippen molar-refractivity contribution in [3.63, 3.8) is 0 Å². The molecule has 0 unspecified atom stereocenters. The summed E-state index contributed by atoms with van der Waals surface area (Å²) in [5, 5.41) is 6.79. The lowest BCUT2D eigenvalue weighted by atomic mass is 10.1. The molecule has 0 aliphatic carbocycles. The fourth-order valence-corrected chi connectivity index (χ4v) is 4.39. The molecule has 0 bridgehead atoms. The van der Waals surface area contributed by atoms with Gasteiger partial charge in [-0.25, -0.2) is 19.2 Å². The van der Waals surface area contributed by atoms with E-state index in [0.717, 1.165) is 11.2 Å². The minimum atomic E-state index is -0.442. The van der Waals surface area contributed by atoms with Crippen molar-refractivity contribution in [2.75, 3.05) is 25.1 Å². The molecule has 2 N–H and O–H groups in total. The number of carbonyl (C=O) groups is 2. The van der Waals surface area contributed by atoms with E-state index >= 15 is 0 Å². The Morgan fingerprint density at radius 2 is 1.88 bits per heavy atom. The van der Waals surface area contributed by atoms with Crippen LogP contribution in [0.1, 0.15) is 54.8 Å². The second-order valence-electron chi connectivity index (χ2n) is 9.24. The Morgan fingerprint density at radius 3 is 2.59 bits per heavy atom. The number of amides is 3. The molecule has 0 spiro atoms. The minimum absolute atomic E-state index is 0.165. The highest BCUT2D eigenvalue weighted by Crippen LogP contribution is 2.27. The van der Waals surface area contributed by atoms with Gasteiger partial charge in [-0.15, -0.1) is 11.3 Å². The second-order valence-corrected chi connectivity index (χ2v) is 10.4. The van der Waals surface area contributed by atoms with Crippen molar-refractivity contribution in [2.24, 2.45) is 0 Å². The summed E-state index contributed by atoms with van der Waals surface area (Å²) in [4.78, 5) is 46.4. The molecular weight excluding hydrogens is 459 g/mol. The molecule has 1 atom stereocenters. The van der Waals surface area contributed by atoms with Crippen molar-refractivity contribution in [3.05, 3.63) is 40.5 Å². The molecule has 180 valence electrons. The van der Waals surface area contributed by atoms with Crippen LogP contribution in [0.5, 0.6) is 0 Å². The fourth-order valence-electron chi connectivity index (χ4n) is 3.55. The summed E-state index contributed by atoms with van der Waals surface area (Å²) >= 11 is 1.34. The number of carbonyl (C=O) groups excluding carboxylic acids is 2. The van der Waals surface area contributed by atoms with Crippen LogP contribution in [0.25, 0.3) is 10.3 Å². The van der Waals surface area contributed by atoms with E-state index in [1.54, 1.807) is 16.0 Å². The van der Waals surface area contributed by atoms with Crippen LogP contribution in [-0.4, -0.2) is 67.0 Å². The number of halogens is 1. The van der Waals surface area contributed by atoms with Crippen LogP contribution in [0.2, 0.25) is 0 Å². The van der Waals surface area contributed by atoms with Crippen LogP contribution in [0, 0.1) is 12.7 Å². The molecule has 10 nitrogen and oxygen atoms in total. The van der Waals surface area contributed by atoms with Gasteiger partial charge in [-0.05, 0) is 46.2 Å². The Balaban J connectivity index is 1.58. The number of nitrogens with zero attached hydrogens (tertiary/aromatic N) is 6. The number of hydrogen-bond donors (Lipinski definition) is 2. The Labute approximate surface area is 200 Å². The van der Waals surface area contributed by atoms with Crippen molar-refractivity contribution in [3.8, 4) is 0 Å². The molecule has 0 saturated carbocycles. The van der Waals surface area contributed by atoms with Crippen LogP contribution in [0.3, 0.4) is 0 Å². The first-order chi connectivity index (χ1) is 16.0. The van der Waals surface area contributed by atoms with E-state index in [0.29, 0.717) is 29.0 Å². The van der Waals surface area contributed by atoms with Crippen LogP contribution < -0.4 is 10.6 Å². The summed E-state index contributed by atoms with van der Waals surface area (Å²) in [5.74, 6) is -0.535. The first kappa shape index (κ1) is 23.7. The summed E-state index contributed by atoms with van der Waals surface area (Å²) in [7, 11) is 0. The van der Waals surface area contributed by atoms with Crippen molar-refractivity contribution in [2.45, 2.75) is 46.2 Å². The van der Waals surface area contributed by atoms with E-state index in [1.807, 2.05) is 34.6 Å².